The van der Waals surface area contributed by atoms with Crippen molar-refractivity contribution < 1.29 is 76.7 Å². The second-order valence-corrected chi connectivity index (χ2v) is 1.27. The van der Waals surface area contributed by atoms with Crippen molar-refractivity contribution in [2.24, 2.45) is 0 Å². The molecule has 0 unspecified atom stereocenters. The Labute approximate surface area is 101 Å². The van der Waals surface area contributed by atoms with Gasteiger partial charge in [-0.05, 0) is 6.92 Å². The first-order valence-corrected chi connectivity index (χ1v) is 1.84. The molecule has 0 atom stereocenters. The van der Waals surface area contributed by atoms with Crippen LogP contribution in [-0.4, -0.2) is 16.9 Å². The molecule has 9 heavy (non-hydrogen) atoms. The van der Waals surface area contributed by atoms with E-state index in [-0.39, 0.29) is 74.2 Å². The van der Waals surface area contributed by atoms with Crippen LogP contribution >= 0.6 is 0 Å². The van der Waals surface area contributed by atoms with E-state index >= 15 is 0 Å². The molecule has 0 aliphatic carbocycles. The van der Waals surface area contributed by atoms with Gasteiger partial charge in [0, 0.05) is 0 Å². The average Bonchev–Trinajstić information content (AvgIpc) is 1.27. The number of carbonyl (C=O) groups is 2. The average molecular weight is 150 g/mol. The molecular formula is C4H8Na2O3. The molecule has 0 aromatic carbocycles. The second-order valence-electron chi connectivity index (χ2n) is 1.27. The van der Waals surface area contributed by atoms with Gasteiger partial charge in [0.05, 0.1) is 0 Å². The predicted molar refractivity (Wildman–Crippen MR) is 25.2 cm³/mol. The largest absolute Gasteiger partial charge is 1.00 e. The van der Waals surface area contributed by atoms with Gasteiger partial charge in [-0.15, -0.1) is 0 Å². The summed E-state index contributed by atoms with van der Waals surface area (Å²) >= 11 is 0. The smallest absolute Gasteiger partial charge is 1.00 e. The molecule has 0 fully saturated rings. The molecule has 0 bridgehead atoms. The van der Waals surface area contributed by atoms with Crippen molar-refractivity contribution in [3.8, 4) is 0 Å². The van der Waals surface area contributed by atoms with Gasteiger partial charge in [-0.3, -0.25) is 9.59 Å². The summed E-state index contributed by atoms with van der Waals surface area (Å²) in [5.74, 6) is -1.37. The molecule has 3 nitrogen and oxygen atoms in total. The van der Waals surface area contributed by atoms with Crippen molar-refractivity contribution in [1.29, 1.82) is 0 Å². The van der Waals surface area contributed by atoms with Crippen molar-refractivity contribution >= 4 is 11.8 Å². The van der Waals surface area contributed by atoms with E-state index in [2.05, 4.69) is 0 Å². The fourth-order valence-corrected chi connectivity index (χ4v) is 0.213. The molecule has 1 N–H and O–H groups in total. The zero-order chi connectivity index (χ0) is 5.86. The van der Waals surface area contributed by atoms with Crippen molar-refractivity contribution in [3.63, 3.8) is 0 Å². The maximum atomic E-state index is 9.87. The van der Waals surface area contributed by atoms with E-state index in [4.69, 9.17) is 5.11 Å². The van der Waals surface area contributed by atoms with Crippen LogP contribution in [0.25, 0.3) is 0 Å². The normalized spacial score (nSPS) is 6.33. The molecule has 0 aromatic heterocycles. The summed E-state index contributed by atoms with van der Waals surface area (Å²) < 4.78 is 0. The van der Waals surface area contributed by atoms with Crippen LogP contribution in [0.3, 0.4) is 0 Å². The number of carboxylic acid groups (broad SMARTS) is 1. The molecule has 0 spiro atoms. The zero-order valence-corrected chi connectivity index (χ0v) is 9.97. The number of hydrogen-bond donors (Lipinski definition) is 1. The molecule has 5 heteroatoms. The zero-order valence-electron chi connectivity index (χ0n) is 7.97. The standard InChI is InChI=1S/C4H6O3.2Na.2H/c1-3(5)2-4(6)7;;;;/h2H2,1H3,(H,6,7);;;;/q;2*+1;2*-1. The van der Waals surface area contributed by atoms with Crippen molar-refractivity contribution in [1.82, 2.24) is 0 Å². The molecule has 0 rings (SSSR count). The number of carboxylic acids is 1. The van der Waals surface area contributed by atoms with E-state index in [0.717, 1.165) is 0 Å². The maximum absolute atomic E-state index is 9.87. The fraction of sp³-hybridized carbons (Fsp3) is 0.500. The van der Waals surface area contributed by atoms with E-state index in [0.29, 0.717) is 0 Å². The van der Waals surface area contributed by atoms with Crippen LogP contribution in [0.4, 0.5) is 0 Å². The van der Waals surface area contributed by atoms with Gasteiger partial charge in [-0.25, -0.2) is 0 Å². The third-order valence-corrected chi connectivity index (χ3v) is 0.400. The van der Waals surface area contributed by atoms with E-state index < -0.39 is 5.97 Å². The van der Waals surface area contributed by atoms with Crippen LogP contribution in [0.15, 0.2) is 0 Å². The number of carbonyl (C=O) groups excluding carboxylic acids is 1. The first-order chi connectivity index (χ1) is 3.13. The third kappa shape index (κ3) is 17.6. The van der Waals surface area contributed by atoms with Crippen molar-refractivity contribution in [2.75, 3.05) is 0 Å². The van der Waals surface area contributed by atoms with Crippen LogP contribution in [0.5, 0.6) is 0 Å². The summed E-state index contributed by atoms with van der Waals surface area (Å²) in [6, 6.07) is 0. The number of rotatable bonds is 2. The van der Waals surface area contributed by atoms with Gasteiger partial charge in [0.25, 0.3) is 0 Å². The van der Waals surface area contributed by atoms with Crippen LogP contribution in [-0.2, 0) is 9.59 Å². The van der Waals surface area contributed by atoms with Gasteiger partial charge in [0.2, 0.25) is 0 Å². The Morgan fingerprint density at radius 2 is 1.78 bits per heavy atom. The minimum atomic E-state index is -1.06. The molecule has 0 aliphatic heterocycles. The first-order valence-electron chi connectivity index (χ1n) is 1.84. The predicted octanol–water partition coefficient (Wildman–Crippen LogP) is -5.72. The molecule has 0 amide bonds. The van der Waals surface area contributed by atoms with Crippen LogP contribution in [0.1, 0.15) is 16.2 Å². The minimum Gasteiger partial charge on any atom is -1.00 e. The summed E-state index contributed by atoms with van der Waals surface area (Å²) in [4.78, 5) is 19.5. The molecule has 0 aliphatic rings. The Morgan fingerprint density at radius 1 is 1.44 bits per heavy atom. The van der Waals surface area contributed by atoms with Gasteiger partial charge in [0.1, 0.15) is 12.2 Å². The molecule has 0 saturated carbocycles. The molecule has 0 aromatic rings. The Hall–Kier alpha value is 1.14. The molecule has 0 saturated heterocycles. The van der Waals surface area contributed by atoms with Crippen molar-refractivity contribution in [2.45, 2.75) is 13.3 Å². The Morgan fingerprint density at radius 3 is 1.78 bits per heavy atom. The minimum absolute atomic E-state index is 0. The van der Waals surface area contributed by atoms with E-state index in [1.165, 1.54) is 6.92 Å². The Kier molecular flexibility index (Phi) is 16.9. The van der Waals surface area contributed by atoms with Gasteiger partial charge in [-0.2, -0.15) is 0 Å². The van der Waals surface area contributed by atoms with Gasteiger partial charge in [-0.1, -0.05) is 0 Å². The SMILES string of the molecule is CC(=O)CC(=O)O.[H-].[H-].[Na+].[Na+]. The Balaban J connectivity index is -0.0000000300. The van der Waals surface area contributed by atoms with E-state index in [9.17, 15) is 9.59 Å². The summed E-state index contributed by atoms with van der Waals surface area (Å²) in [6.07, 6.45) is -0.361. The number of aliphatic carboxylic acids is 1. The molecule has 44 valence electrons. The van der Waals surface area contributed by atoms with Crippen LogP contribution < -0.4 is 59.1 Å². The molecule has 0 heterocycles. The van der Waals surface area contributed by atoms with Gasteiger partial charge >= 0.3 is 65.1 Å². The van der Waals surface area contributed by atoms with Gasteiger partial charge < -0.3 is 7.96 Å². The summed E-state index contributed by atoms with van der Waals surface area (Å²) in [7, 11) is 0. The topological polar surface area (TPSA) is 54.4 Å². The summed E-state index contributed by atoms with van der Waals surface area (Å²) in [5.41, 5.74) is 0. The quantitative estimate of drug-likeness (QED) is 0.315. The number of Topliss-reactive ketones (excluding diaryl/α,β-unsaturated/α-hetero) is 1. The maximum Gasteiger partial charge on any atom is 1.00 e. The Bertz CT molecular complexity index is 97.5. The monoisotopic (exact) mass is 150 g/mol. The van der Waals surface area contributed by atoms with E-state index in [1.807, 2.05) is 0 Å². The van der Waals surface area contributed by atoms with Crippen LogP contribution in [0, 0.1) is 0 Å². The van der Waals surface area contributed by atoms with Crippen LogP contribution in [0.2, 0.25) is 0 Å². The van der Waals surface area contributed by atoms with E-state index in [1.54, 1.807) is 0 Å². The molecule has 0 radical (unpaired) electrons. The molecular weight excluding hydrogens is 142 g/mol. The first kappa shape index (κ1) is 16.6. The fourth-order valence-electron chi connectivity index (χ4n) is 0.213. The second kappa shape index (κ2) is 9.14. The number of ketones is 1. The summed E-state index contributed by atoms with van der Waals surface area (Å²) in [6.45, 7) is 1.24. The third-order valence-electron chi connectivity index (χ3n) is 0.400. The van der Waals surface area contributed by atoms with Crippen molar-refractivity contribution in [3.05, 3.63) is 0 Å². The summed E-state index contributed by atoms with van der Waals surface area (Å²) in [5, 5.41) is 7.86. The number of hydrogen-bond acceptors (Lipinski definition) is 2. The van der Waals surface area contributed by atoms with Gasteiger partial charge in [0.15, 0.2) is 0 Å².